The fourth-order valence-corrected chi connectivity index (χ4v) is 5.23. The van der Waals surface area contributed by atoms with Gasteiger partial charge in [-0.05, 0) is 66.0 Å². The van der Waals surface area contributed by atoms with Crippen LogP contribution in [-0.2, 0) is 10.8 Å². The minimum Gasteiger partial charge on any atom is -0.0895 e. The lowest BCUT2D eigenvalue weighted by Crippen LogP contribution is -2.27. The Kier molecular flexibility index (Phi) is 6.09. The first-order chi connectivity index (χ1) is 13.1. The molecule has 2 aromatic rings. The maximum Gasteiger partial charge on any atom is 0.0423 e. The molecule has 0 saturated heterocycles. The molecule has 0 N–H and O–H groups in total. The zero-order chi connectivity index (χ0) is 20.7. The third-order valence-corrected chi connectivity index (χ3v) is 6.28. The number of allylic oxidation sites excluding steroid dienone is 5. The van der Waals surface area contributed by atoms with Crippen LogP contribution < -0.4 is 0 Å². The number of rotatable bonds is 4. The molecule has 0 nitrogen and oxygen atoms in total. The number of fused-ring (bicyclic) bond motifs is 1. The Morgan fingerprint density at radius 1 is 0.964 bits per heavy atom. The van der Waals surface area contributed by atoms with Crippen LogP contribution in [-0.4, -0.2) is 0 Å². The van der Waals surface area contributed by atoms with Crippen molar-refractivity contribution in [1.82, 2.24) is 0 Å². The summed E-state index contributed by atoms with van der Waals surface area (Å²) in [5.41, 5.74) is 4.06. The molecule has 146 valence electrons. The maximum atomic E-state index is 6.34. The van der Waals surface area contributed by atoms with E-state index in [0.29, 0.717) is 20.1 Å². The van der Waals surface area contributed by atoms with E-state index in [4.69, 9.17) is 46.4 Å². The number of hydrogen-bond donors (Lipinski definition) is 0. The van der Waals surface area contributed by atoms with Gasteiger partial charge in [-0.3, -0.25) is 0 Å². The fraction of sp³-hybridized carbons (Fsp3) is 0.250. The third kappa shape index (κ3) is 3.94. The zero-order valence-electron chi connectivity index (χ0n) is 16.1. The molecule has 0 amide bonds. The summed E-state index contributed by atoms with van der Waals surface area (Å²) in [6.45, 7) is 10.2. The van der Waals surface area contributed by atoms with E-state index in [1.807, 2.05) is 31.2 Å². The molecule has 0 aliphatic heterocycles. The Balaban J connectivity index is 2.27. The van der Waals surface area contributed by atoms with Crippen LogP contribution in [0.15, 0.2) is 76.8 Å². The van der Waals surface area contributed by atoms with Crippen molar-refractivity contribution in [2.45, 2.75) is 38.0 Å². The molecule has 1 aliphatic rings. The van der Waals surface area contributed by atoms with E-state index in [9.17, 15) is 0 Å². The number of hydrogen-bond acceptors (Lipinski definition) is 0. The van der Waals surface area contributed by atoms with Crippen LogP contribution in [0.3, 0.4) is 0 Å². The van der Waals surface area contributed by atoms with Crippen molar-refractivity contribution in [2.24, 2.45) is 0 Å². The molecule has 0 fully saturated rings. The lowest BCUT2D eigenvalue weighted by molar-refractivity contribution is 0.449. The van der Waals surface area contributed by atoms with Gasteiger partial charge in [-0.25, -0.2) is 0 Å². The fourth-order valence-electron chi connectivity index (χ4n) is 4.47. The summed E-state index contributed by atoms with van der Waals surface area (Å²) in [6.07, 6.45) is 4.70. The van der Waals surface area contributed by atoms with E-state index in [1.165, 1.54) is 11.1 Å². The lowest BCUT2D eigenvalue weighted by Gasteiger charge is -2.32. The van der Waals surface area contributed by atoms with Gasteiger partial charge >= 0.3 is 0 Å². The van der Waals surface area contributed by atoms with Crippen molar-refractivity contribution in [3.63, 3.8) is 0 Å². The molecule has 0 heterocycles. The number of benzene rings is 2. The average molecular weight is 452 g/mol. The van der Waals surface area contributed by atoms with Crippen LogP contribution in [0.5, 0.6) is 0 Å². The van der Waals surface area contributed by atoms with Crippen molar-refractivity contribution >= 4 is 46.4 Å². The Morgan fingerprint density at radius 2 is 1.54 bits per heavy atom. The molecule has 2 aromatic carbocycles. The van der Waals surface area contributed by atoms with Gasteiger partial charge in [0.2, 0.25) is 0 Å². The molecule has 0 saturated carbocycles. The Morgan fingerprint density at radius 3 is 2.07 bits per heavy atom. The molecule has 4 heteroatoms. The molecular weight excluding hydrogens is 430 g/mol. The first-order valence-corrected chi connectivity index (χ1v) is 10.5. The van der Waals surface area contributed by atoms with E-state index in [2.05, 4.69) is 44.7 Å². The summed E-state index contributed by atoms with van der Waals surface area (Å²) in [5, 5.41) is 2.44. The summed E-state index contributed by atoms with van der Waals surface area (Å²) in [5.74, 6) is 0. The SMILES string of the molecule is C=C(Cl)/C=C(\C=C(/C)Cl)C1(C)CC(C)(c2cc(Cl)cc(Cl)c2)c2ccccc21. The number of halogens is 4. The molecule has 2 atom stereocenters. The van der Waals surface area contributed by atoms with E-state index >= 15 is 0 Å². The highest BCUT2D eigenvalue weighted by molar-refractivity contribution is 6.34. The monoisotopic (exact) mass is 450 g/mol. The van der Waals surface area contributed by atoms with Gasteiger partial charge in [0.15, 0.2) is 0 Å². The second-order valence-electron chi connectivity index (χ2n) is 7.82. The molecule has 0 aromatic heterocycles. The third-order valence-electron chi connectivity index (χ3n) is 5.63. The molecular formula is C24H22Cl4. The molecule has 0 bridgehead atoms. The summed E-state index contributed by atoms with van der Waals surface area (Å²) in [7, 11) is 0. The van der Waals surface area contributed by atoms with Crippen molar-refractivity contribution < 1.29 is 0 Å². The van der Waals surface area contributed by atoms with Crippen LogP contribution in [0.2, 0.25) is 10.0 Å². The minimum absolute atomic E-state index is 0.263. The van der Waals surface area contributed by atoms with Crippen LogP contribution >= 0.6 is 46.4 Å². The second-order valence-corrected chi connectivity index (χ2v) is 9.78. The smallest absolute Gasteiger partial charge is 0.0423 e. The molecule has 2 unspecified atom stereocenters. The Bertz CT molecular complexity index is 977. The predicted octanol–water partition coefficient (Wildman–Crippen LogP) is 8.78. The van der Waals surface area contributed by atoms with Gasteiger partial charge in [-0.1, -0.05) is 91.1 Å². The maximum absolute atomic E-state index is 6.34. The Hall–Kier alpha value is -1.18. The standard InChI is InChI=1S/C24H22Cl4/c1-15(25)9-17(10-16(2)26)23(3)14-24(4,22-8-6-5-7-21(22)23)18-11-19(27)13-20(28)12-18/h5-13H,1,14H2,2-4H3/b16-10+,17-9+. The van der Waals surface area contributed by atoms with Gasteiger partial charge in [0.25, 0.3) is 0 Å². The summed E-state index contributed by atoms with van der Waals surface area (Å²) in [6, 6.07) is 14.3. The first kappa shape index (κ1) is 21.5. The van der Waals surface area contributed by atoms with E-state index in [1.54, 1.807) is 6.07 Å². The van der Waals surface area contributed by atoms with E-state index in [0.717, 1.165) is 17.6 Å². The lowest BCUT2D eigenvalue weighted by atomic mass is 9.71. The topological polar surface area (TPSA) is 0 Å². The molecule has 28 heavy (non-hydrogen) atoms. The van der Waals surface area contributed by atoms with Gasteiger partial charge in [0, 0.05) is 30.9 Å². The molecule has 0 radical (unpaired) electrons. The molecule has 1 aliphatic carbocycles. The van der Waals surface area contributed by atoms with Crippen LogP contribution in [0.1, 0.15) is 43.9 Å². The molecule has 0 spiro atoms. The predicted molar refractivity (Wildman–Crippen MR) is 124 cm³/mol. The minimum atomic E-state index is -0.298. The first-order valence-electron chi connectivity index (χ1n) is 9.03. The summed E-state index contributed by atoms with van der Waals surface area (Å²) >= 11 is 25.1. The van der Waals surface area contributed by atoms with E-state index in [-0.39, 0.29) is 10.8 Å². The van der Waals surface area contributed by atoms with Crippen molar-refractivity contribution in [2.75, 3.05) is 0 Å². The highest BCUT2D eigenvalue weighted by Gasteiger charge is 2.49. The zero-order valence-corrected chi connectivity index (χ0v) is 19.1. The van der Waals surface area contributed by atoms with Crippen LogP contribution in [0.25, 0.3) is 0 Å². The van der Waals surface area contributed by atoms with Crippen LogP contribution in [0, 0.1) is 0 Å². The normalized spacial score (nSPS) is 25.0. The highest BCUT2D eigenvalue weighted by atomic mass is 35.5. The summed E-state index contributed by atoms with van der Waals surface area (Å²) < 4.78 is 0. The average Bonchev–Trinajstić information content (AvgIpc) is 2.83. The van der Waals surface area contributed by atoms with Crippen molar-refractivity contribution in [1.29, 1.82) is 0 Å². The summed E-state index contributed by atoms with van der Waals surface area (Å²) in [4.78, 5) is 0. The van der Waals surface area contributed by atoms with E-state index < -0.39 is 0 Å². The van der Waals surface area contributed by atoms with Gasteiger partial charge in [-0.15, -0.1) is 0 Å². The van der Waals surface area contributed by atoms with Crippen molar-refractivity contribution in [3.05, 3.63) is 104 Å². The van der Waals surface area contributed by atoms with Gasteiger partial charge < -0.3 is 0 Å². The quantitative estimate of drug-likeness (QED) is 0.407. The van der Waals surface area contributed by atoms with Gasteiger partial charge in [0.1, 0.15) is 0 Å². The van der Waals surface area contributed by atoms with Gasteiger partial charge in [-0.2, -0.15) is 0 Å². The largest absolute Gasteiger partial charge is 0.0895 e. The highest BCUT2D eigenvalue weighted by Crippen LogP contribution is 2.56. The molecule has 3 rings (SSSR count). The second kappa shape index (κ2) is 7.92. The van der Waals surface area contributed by atoms with Crippen molar-refractivity contribution in [3.8, 4) is 0 Å². The van der Waals surface area contributed by atoms with Gasteiger partial charge in [0.05, 0.1) is 0 Å². The Labute approximate surface area is 187 Å². The van der Waals surface area contributed by atoms with Crippen LogP contribution in [0.4, 0.5) is 0 Å².